The Bertz CT molecular complexity index is 746. The van der Waals surface area contributed by atoms with E-state index in [1.54, 1.807) is 56.5 Å². The van der Waals surface area contributed by atoms with E-state index in [1.165, 1.54) is 6.92 Å². The average Bonchev–Trinajstić information content (AvgIpc) is 2.59. The minimum absolute atomic E-state index is 0.0309. The van der Waals surface area contributed by atoms with E-state index in [0.717, 1.165) is 11.3 Å². The van der Waals surface area contributed by atoms with Crippen molar-refractivity contribution >= 4 is 23.7 Å². The molecule has 0 amide bonds. The third-order valence-electron chi connectivity index (χ3n) is 3.24. The molecule has 0 saturated heterocycles. The molecule has 0 saturated carbocycles. The largest absolute Gasteiger partial charge is 0.482 e. The van der Waals surface area contributed by atoms with Gasteiger partial charge < -0.3 is 9.47 Å². The summed E-state index contributed by atoms with van der Waals surface area (Å²) in [6, 6.07) is 14.3. The van der Waals surface area contributed by atoms with E-state index in [1.807, 2.05) is 12.1 Å². The highest BCUT2D eigenvalue weighted by molar-refractivity contribution is 5.94. The summed E-state index contributed by atoms with van der Waals surface area (Å²) in [6.07, 6.45) is 1.57. The smallest absolute Gasteiger partial charge is 0.344 e. The zero-order chi connectivity index (χ0) is 18.2. The number of benzene rings is 2. The quantitative estimate of drug-likeness (QED) is 0.435. The van der Waals surface area contributed by atoms with Crippen LogP contribution in [0.15, 0.2) is 53.5 Å². The highest BCUT2D eigenvalue weighted by Crippen LogP contribution is 2.15. The van der Waals surface area contributed by atoms with E-state index in [-0.39, 0.29) is 18.5 Å². The normalized spacial score (nSPS) is 10.9. The second-order valence-electron chi connectivity index (χ2n) is 5.76. The Morgan fingerprint density at radius 3 is 2.24 bits per heavy atom. The minimum atomic E-state index is -0.394. The van der Waals surface area contributed by atoms with Crippen LogP contribution in [-0.4, -0.2) is 30.7 Å². The molecule has 0 fully saturated rings. The van der Waals surface area contributed by atoms with Gasteiger partial charge in [-0.1, -0.05) is 0 Å². The predicted molar refractivity (Wildman–Crippen MR) is 96.9 cm³/mol. The van der Waals surface area contributed by atoms with E-state index in [2.05, 4.69) is 4.99 Å². The van der Waals surface area contributed by atoms with Crippen molar-refractivity contribution in [2.75, 3.05) is 6.61 Å². The van der Waals surface area contributed by atoms with Crippen molar-refractivity contribution in [3.05, 3.63) is 59.7 Å². The van der Waals surface area contributed by atoms with Gasteiger partial charge in [0.05, 0.1) is 11.8 Å². The lowest BCUT2D eigenvalue weighted by Gasteiger charge is -2.09. The van der Waals surface area contributed by atoms with Gasteiger partial charge in [-0.25, -0.2) is 4.79 Å². The zero-order valence-electron chi connectivity index (χ0n) is 14.6. The Kier molecular flexibility index (Phi) is 6.46. The molecule has 5 nitrogen and oxygen atoms in total. The van der Waals surface area contributed by atoms with Crippen LogP contribution in [0.5, 0.6) is 5.75 Å². The molecule has 0 bridgehead atoms. The fraction of sp³-hybridized carbons (Fsp3) is 0.250. The maximum Gasteiger partial charge on any atom is 0.344 e. The Hall–Kier alpha value is -2.95. The lowest BCUT2D eigenvalue weighted by Crippen LogP contribution is -2.18. The summed E-state index contributed by atoms with van der Waals surface area (Å²) in [4.78, 5) is 27.0. The van der Waals surface area contributed by atoms with E-state index in [4.69, 9.17) is 9.47 Å². The number of carbonyl (C=O) groups excluding carboxylic acids is 2. The number of esters is 1. The molecule has 2 aromatic carbocycles. The van der Waals surface area contributed by atoms with Gasteiger partial charge in [0.15, 0.2) is 12.4 Å². The van der Waals surface area contributed by atoms with Gasteiger partial charge in [0.25, 0.3) is 0 Å². The van der Waals surface area contributed by atoms with Crippen molar-refractivity contribution in [2.45, 2.75) is 26.9 Å². The number of ether oxygens (including phenoxy) is 2. The number of carbonyl (C=O) groups is 2. The van der Waals surface area contributed by atoms with Gasteiger partial charge in [0, 0.05) is 11.8 Å². The number of hydrogen-bond donors (Lipinski definition) is 0. The molecule has 0 aliphatic heterocycles. The molecule has 0 spiro atoms. The molecule has 0 unspecified atom stereocenters. The molecule has 25 heavy (non-hydrogen) atoms. The molecule has 0 heterocycles. The van der Waals surface area contributed by atoms with Gasteiger partial charge in [-0.3, -0.25) is 9.79 Å². The Labute approximate surface area is 147 Å². The summed E-state index contributed by atoms with van der Waals surface area (Å²) in [7, 11) is 0. The second-order valence-corrected chi connectivity index (χ2v) is 5.76. The summed E-state index contributed by atoms with van der Waals surface area (Å²) in [5.74, 6) is 0.224. The van der Waals surface area contributed by atoms with Crippen LogP contribution in [0.2, 0.25) is 0 Å². The summed E-state index contributed by atoms with van der Waals surface area (Å²) >= 11 is 0. The summed E-state index contributed by atoms with van der Waals surface area (Å²) in [5.41, 5.74) is 2.32. The Morgan fingerprint density at radius 2 is 1.68 bits per heavy atom. The van der Waals surface area contributed by atoms with Crippen LogP contribution in [0.3, 0.4) is 0 Å². The first-order valence-corrected chi connectivity index (χ1v) is 8.01. The maximum absolute atomic E-state index is 11.4. The van der Waals surface area contributed by atoms with E-state index in [0.29, 0.717) is 11.3 Å². The molecule has 0 radical (unpaired) electrons. The van der Waals surface area contributed by atoms with Crippen molar-refractivity contribution in [3.63, 3.8) is 0 Å². The van der Waals surface area contributed by atoms with Crippen LogP contribution in [0.1, 0.15) is 36.7 Å². The predicted octanol–water partition coefficient (Wildman–Crippen LogP) is 3.97. The van der Waals surface area contributed by atoms with Gasteiger partial charge >= 0.3 is 5.97 Å². The fourth-order valence-corrected chi connectivity index (χ4v) is 2.02. The van der Waals surface area contributed by atoms with Crippen molar-refractivity contribution in [3.8, 4) is 5.75 Å². The number of nitrogens with zero attached hydrogens (tertiary/aromatic N) is 1. The van der Waals surface area contributed by atoms with Gasteiger partial charge in [-0.2, -0.15) is 0 Å². The molecule has 0 aliphatic rings. The topological polar surface area (TPSA) is 65.0 Å². The second kappa shape index (κ2) is 8.78. The van der Waals surface area contributed by atoms with Crippen LogP contribution in [0, 0.1) is 0 Å². The molecule has 130 valence electrons. The van der Waals surface area contributed by atoms with Crippen LogP contribution in [-0.2, 0) is 9.53 Å². The van der Waals surface area contributed by atoms with Crippen molar-refractivity contribution in [2.24, 2.45) is 4.99 Å². The highest BCUT2D eigenvalue weighted by Gasteiger charge is 2.06. The van der Waals surface area contributed by atoms with E-state index < -0.39 is 5.97 Å². The molecular weight excluding hydrogens is 318 g/mol. The molecule has 0 N–H and O–H groups in total. The zero-order valence-corrected chi connectivity index (χ0v) is 14.6. The third-order valence-corrected chi connectivity index (χ3v) is 3.24. The Morgan fingerprint density at radius 1 is 1.04 bits per heavy atom. The van der Waals surface area contributed by atoms with Crippen molar-refractivity contribution in [1.82, 2.24) is 0 Å². The van der Waals surface area contributed by atoms with Crippen molar-refractivity contribution in [1.29, 1.82) is 0 Å². The third kappa shape index (κ3) is 6.22. The minimum Gasteiger partial charge on any atom is -0.482 e. The first kappa shape index (κ1) is 18.4. The van der Waals surface area contributed by atoms with Gasteiger partial charge in [-0.15, -0.1) is 0 Å². The van der Waals surface area contributed by atoms with Crippen molar-refractivity contribution < 1.29 is 19.1 Å². The van der Waals surface area contributed by atoms with Crippen LogP contribution in [0.4, 0.5) is 5.69 Å². The number of Topliss-reactive ketones (excluding diaryl/α,β-unsaturated/α-hetero) is 1. The Balaban J connectivity index is 1.91. The molecular formula is C20H21NO4. The van der Waals surface area contributed by atoms with Gasteiger partial charge in [0.1, 0.15) is 5.75 Å². The average molecular weight is 339 g/mol. The number of ketones is 1. The lowest BCUT2D eigenvalue weighted by molar-refractivity contribution is -0.149. The van der Waals surface area contributed by atoms with Crippen LogP contribution in [0.25, 0.3) is 0 Å². The first-order valence-electron chi connectivity index (χ1n) is 8.01. The van der Waals surface area contributed by atoms with E-state index in [9.17, 15) is 9.59 Å². The van der Waals surface area contributed by atoms with Gasteiger partial charge in [0.2, 0.25) is 0 Å². The molecule has 0 aromatic heterocycles. The number of rotatable bonds is 7. The lowest BCUT2D eigenvalue weighted by atomic mass is 10.1. The maximum atomic E-state index is 11.4. The number of aliphatic imine (C=N–C) groups is 1. The van der Waals surface area contributed by atoms with Crippen LogP contribution >= 0.6 is 0 Å². The van der Waals surface area contributed by atoms with Crippen LogP contribution < -0.4 is 4.74 Å². The monoisotopic (exact) mass is 339 g/mol. The summed E-state index contributed by atoms with van der Waals surface area (Å²) in [5, 5.41) is 0. The molecule has 0 aliphatic carbocycles. The summed E-state index contributed by atoms with van der Waals surface area (Å²) < 4.78 is 10.4. The van der Waals surface area contributed by atoms with E-state index >= 15 is 0 Å². The molecule has 2 rings (SSSR count). The SMILES string of the molecule is CC(=O)c1ccc(N=Cc2ccc(OCC(=O)OC(C)C)cc2)cc1. The van der Waals surface area contributed by atoms with Gasteiger partial charge in [-0.05, 0) is 74.9 Å². The molecule has 2 aromatic rings. The molecule has 0 atom stereocenters. The fourth-order valence-electron chi connectivity index (χ4n) is 2.02. The highest BCUT2D eigenvalue weighted by atomic mass is 16.6. The molecule has 5 heteroatoms. The first-order chi connectivity index (χ1) is 11.9. The standard InChI is InChI=1S/C20H21NO4/c1-14(2)25-20(23)13-24-19-10-4-16(5-11-19)12-21-18-8-6-17(7-9-18)15(3)22/h4-12,14H,13H2,1-3H3. The summed E-state index contributed by atoms with van der Waals surface area (Å²) in [6.45, 7) is 5.00. The number of hydrogen-bond acceptors (Lipinski definition) is 5.